The van der Waals surface area contributed by atoms with Gasteiger partial charge in [-0.25, -0.2) is 0 Å². The predicted octanol–water partition coefficient (Wildman–Crippen LogP) is 13.9. The maximum absolute atomic E-state index is 3.80. The number of hydrogen-bond acceptors (Lipinski definition) is 2. The summed E-state index contributed by atoms with van der Waals surface area (Å²) in [5.41, 5.74) is 9.76. The second-order valence-corrected chi connectivity index (χ2v) is 15.7. The molecule has 2 unspecified atom stereocenters. The van der Waals surface area contributed by atoms with Gasteiger partial charge in [-0.2, -0.15) is 0 Å². The van der Waals surface area contributed by atoms with Crippen molar-refractivity contribution in [1.29, 1.82) is 0 Å². The second kappa shape index (κ2) is 11.7. The smallest absolute Gasteiger partial charge is 0.0643 e. The third kappa shape index (κ3) is 5.07. The molecule has 51 heavy (non-hydrogen) atoms. The maximum Gasteiger partial charge on any atom is 0.0643 e. The van der Waals surface area contributed by atoms with Gasteiger partial charge in [-0.1, -0.05) is 110 Å². The average molecular weight is 675 g/mol. The number of thiophene rings is 1. The van der Waals surface area contributed by atoms with Crippen LogP contribution in [0.3, 0.4) is 0 Å². The van der Waals surface area contributed by atoms with Crippen LogP contribution in [0.5, 0.6) is 0 Å². The molecule has 1 N–H and O–H groups in total. The van der Waals surface area contributed by atoms with Crippen LogP contribution in [-0.4, -0.2) is 4.57 Å². The SMILES string of the molecule is CC1C=CC=C(c2cc(-c3ccc4c(c3)c3cc5c(cc3n4C3(C)C=CC=CC3)sc3ccccc35)ccc2Nc2ccc3ccccc3c2)C1. The number of nitrogens with zero attached hydrogens (tertiary/aromatic N) is 1. The van der Waals surface area contributed by atoms with Crippen molar-refractivity contribution in [3.8, 4) is 11.1 Å². The van der Waals surface area contributed by atoms with Gasteiger partial charge in [-0.3, -0.25) is 0 Å². The first kappa shape index (κ1) is 30.2. The van der Waals surface area contributed by atoms with Crippen LogP contribution in [0.4, 0.5) is 11.4 Å². The number of benzene rings is 6. The fourth-order valence-corrected chi connectivity index (χ4v) is 9.54. The zero-order valence-corrected chi connectivity index (χ0v) is 29.7. The van der Waals surface area contributed by atoms with Crippen LogP contribution < -0.4 is 5.32 Å². The van der Waals surface area contributed by atoms with E-state index in [1.54, 1.807) is 0 Å². The summed E-state index contributed by atoms with van der Waals surface area (Å²) in [5.74, 6) is 0.500. The molecule has 246 valence electrons. The fourth-order valence-electron chi connectivity index (χ4n) is 8.41. The fraction of sp³-hybridized carbons (Fsp3) is 0.125. The van der Waals surface area contributed by atoms with E-state index in [4.69, 9.17) is 0 Å². The quantitative estimate of drug-likeness (QED) is 0.192. The Morgan fingerprint density at radius 2 is 1.51 bits per heavy atom. The Bertz CT molecular complexity index is 2820. The van der Waals surface area contributed by atoms with Crippen LogP contribution in [0, 0.1) is 5.92 Å². The molecular formula is C48H38N2S. The highest BCUT2D eigenvalue weighted by atomic mass is 32.1. The normalized spacial score (nSPS) is 18.8. The summed E-state index contributed by atoms with van der Waals surface area (Å²) < 4.78 is 5.28. The maximum atomic E-state index is 3.80. The highest BCUT2D eigenvalue weighted by Crippen LogP contribution is 2.44. The van der Waals surface area contributed by atoms with E-state index in [2.05, 4.69) is 182 Å². The summed E-state index contributed by atoms with van der Waals surface area (Å²) in [5, 5.41) is 11.6. The lowest BCUT2D eigenvalue weighted by molar-refractivity contribution is 0.438. The van der Waals surface area contributed by atoms with Crippen LogP contribution in [0.2, 0.25) is 0 Å². The average Bonchev–Trinajstić information content (AvgIpc) is 3.69. The third-order valence-electron chi connectivity index (χ3n) is 11.0. The van der Waals surface area contributed by atoms with Gasteiger partial charge in [0.25, 0.3) is 0 Å². The molecule has 0 fully saturated rings. The van der Waals surface area contributed by atoms with Crippen molar-refractivity contribution in [3.05, 3.63) is 163 Å². The van der Waals surface area contributed by atoms with Crippen LogP contribution in [0.1, 0.15) is 32.3 Å². The first-order valence-electron chi connectivity index (χ1n) is 18.0. The number of nitrogens with one attached hydrogen (secondary N) is 1. The Kier molecular flexibility index (Phi) is 6.94. The van der Waals surface area contributed by atoms with E-state index in [0.717, 1.165) is 24.2 Å². The molecule has 0 saturated carbocycles. The number of fused-ring (bicyclic) bond motifs is 7. The number of anilines is 2. The Morgan fingerprint density at radius 3 is 2.39 bits per heavy atom. The van der Waals surface area contributed by atoms with Gasteiger partial charge in [0.05, 0.1) is 11.1 Å². The van der Waals surface area contributed by atoms with E-state index < -0.39 is 0 Å². The molecule has 6 aromatic carbocycles. The van der Waals surface area contributed by atoms with Crippen molar-refractivity contribution in [2.75, 3.05) is 5.32 Å². The molecule has 2 aliphatic carbocycles. The van der Waals surface area contributed by atoms with Crippen molar-refractivity contribution in [3.63, 3.8) is 0 Å². The van der Waals surface area contributed by atoms with Crippen molar-refractivity contribution in [2.24, 2.45) is 5.92 Å². The lowest BCUT2D eigenvalue weighted by Gasteiger charge is -2.31. The monoisotopic (exact) mass is 674 g/mol. The van der Waals surface area contributed by atoms with Crippen molar-refractivity contribution >= 4 is 81.0 Å². The van der Waals surface area contributed by atoms with Gasteiger partial charge in [-0.05, 0) is 108 Å². The minimum atomic E-state index is -0.151. The lowest BCUT2D eigenvalue weighted by atomic mass is 9.88. The minimum absolute atomic E-state index is 0.151. The van der Waals surface area contributed by atoms with Gasteiger partial charge in [0.2, 0.25) is 0 Å². The molecule has 2 aromatic heterocycles. The first-order chi connectivity index (χ1) is 25.0. The molecule has 8 aromatic rings. The van der Waals surface area contributed by atoms with Gasteiger partial charge >= 0.3 is 0 Å². The zero-order chi connectivity index (χ0) is 34.1. The molecule has 0 radical (unpaired) electrons. The van der Waals surface area contributed by atoms with Crippen molar-refractivity contribution in [1.82, 2.24) is 4.57 Å². The molecule has 2 heterocycles. The Morgan fingerprint density at radius 1 is 0.686 bits per heavy atom. The molecule has 0 saturated heterocycles. The van der Waals surface area contributed by atoms with Gasteiger partial charge in [0, 0.05) is 53.4 Å². The summed E-state index contributed by atoms with van der Waals surface area (Å²) in [4.78, 5) is 0. The largest absolute Gasteiger partial charge is 0.355 e. The van der Waals surface area contributed by atoms with E-state index in [1.807, 2.05) is 11.3 Å². The minimum Gasteiger partial charge on any atom is -0.355 e. The molecule has 3 heteroatoms. The summed E-state index contributed by atoms with van der Waals surface area (Å²) in [6.45, 7) is 4.68. The van der Waals surface area contributed by atoms with Crippen LogP contribution >= 0.6 is 11.3 Å². The van der Waals surface area contributed by atoms with Gasteiger partial charge < -0.3 is 9.88 Å². The number of allylic oxidation sites excluding steroid dienone is 8. The molecule has 0 amide bonds. The molecule has 0 bridgehead atoms. The van der Waals surface area contributed by atoms with Crippen molar-refractivity contribution in [2.45, 2.75) is 32.2 Å². The van der Waals surface area contributed by atoms with Gasteiger partial charge in [-0.15, -0.1) is 11.3 Å². The van der Waals surface area contributed by atoms with E-state index in [1.165, 1.54) is 75.0 Å². The molecule has 2 aliphatic rings. The Balaban J connectivity index is 1.15. The van der Waals surface area contributed by atoms with Crippen LogP contribution in [0.15, 0.2) is 158 Å². The molecular weight excluding hydrogens is 637 g/mol. The molecule has 10 rings (SSSR count). The number of rotatable bonds is 5. The molecule has 2 nitrogen and oxygen atoms in total. The number of aromatic nitrogens is 1. The highest BCUT2D eigenvalue weighted by molar-refractivity contribution is 7.25. The summed E-state index contributed by atoms with van der Waals surface area (Å²) >= 11 is 1.90. The standard InChI is InChI=1S/C48H38N2S/c1-31-11-10-14-36(25-31)39-27-34(18-21-43(39)49-37-20-17-32-12-4-5-13-33(32)26-37)35-19-22-44-40(28-35)41-29-42-38-15-6-7-16-46(38)51-47(42)30-45(41)50(44)48(2)23-8-3-9-24-48/h3-23,26-31,49H,24-25H2,1-2H3. The van der Waals surface area contributed by atoms with Crippen LogP contribution in [-0.2, 0) is 5.54 Å². The molecule has 0 aliphatic heterocycles. The first-order valence-corrected chi connectivity index (χ1v) is 18.8. The molecule has 0 spiro atoms. The Labute approximate surface area is 302 Å². The predicted molar refractivity (Wildman–Crippen MR) is 222 cm³/mol. The van der Waals surface area contributed by atoms with Gasteiger partial charge in [0.1, 0.15) is 0 Å². The van der Waals surface area contributed by atoms with Crippen molar-refractivity contribution < 1.29 is 0 Å². The highest BCUT2D eigenvalue weighted by Gasteiger charge is 2.28. The zero-order valence-electron chi connectivity index (χ0n) is 28.9. The third-order valence-corrected chi connectivity index (χ3v) is 12.1. The van der Waals surface area contributed by atoms with E-state index >= 15 is 0 Å². The summed E-state index contributed by atoms with van der Waals surface area (Å²) in [6, 6.07) is 43.0. The summed E-state index contributed by atoms with van der Waals surface area (Å²) in [7, 11) is 0. The van der Waals surface area contributed by atoms with E-state index in [9.17, 15) is 0 Å². The lowest BCUT2D eigenvalue weighted by Crippen LogP contribution is -2.27. The number of hydrogen-bond donors (Lipinski definition) is 1. The summed E-state index contributed by atoms with van der Waals surface area (Å²) in [6.07, 6.45) is 17.9. The van der Waals surface area contributed by atoms with E-state index in [0.29, 0.717) is 5.92 Å². The topological polar surface area (TPSA) is 17.0 Å². The second-order valence-electron chi connectivity index (χ2n) is 14.6. The van der Waals surface area contributed by atoms with E-state index in [-0.39, 0.29) is 5.54 Å². The molecule has 2 atom stereocenters. The Hall–Kier alpha value is -5.64. The van der Waals surface area contributed by atoms with Crippen LogP contribution in [0.25, 0.3) is 69.5 Å². The van der Waals surface area contributed by atoms with Gasteiger partial charge in [0.15, 0.2) is 0 Å².